The monoisotopic (exact) mass is 413 g/mol. The highest BCUT2D eigenvalue weighted by Crippen LogP contribution is 2.40. The van der Waals surface area contributed by atoms with Crippen LogP contribution in [0.4, 0.5) is 10.2 Å². The maximum Gasteiger partial charge on any atom is 0.337 e. The highest BCUT2D eigenvalue weighted by Gasteiger charge is 2.36. The molecule has 2 heterocycles. The summed E-state index contributed by atoms with van der Waals surface area (Å²) in [4.78, 5) is 32.9. The number of thioether (sulfide) groups is 1. The third-order valence-corrected chi connectivity index (χ3v) is 5.16. The Morgan fingerprint density at radius 2 is 2.17 bits per heavy atom. The SMILES string of the molecule is C=CCOC(=O)C1=C(C)Nc2nc(SCC=C)[nH]c(=O)c2[C@H]1c1cccc(F)c1. The van der Waals surface area contributed by atoms with Crippen LogP contribution in [0.2, 0.25) is 0 Å². The maximum atomic E-state index is 14.0. The second-order valence-electron chi connectivity index (χ2n) is 6.27. The van der Waals surface area contributed by atoms with Gasteiger partial charge in [-0.3, -0.25) is 4.79 Å². The number of H-pyrrole nitrogens is 1. The molecule has 0 amide bonds. The van der Waals surface area contributed by atoms with Crippen molar-refractivity contribution in [2.75, 3.05) is 17.7 Å². The lowest BCUT2D eigenvalue weighted by Crippen LogP contribution is -2.31. The van der Waals surface area contributed by atoms with Crippen molar-refractivity contribution in [3.63, 3.8) is 0 Å². The number of rotatable bonds is 7. The Morgan fingerprint density at radius 3 is 2.86 bits per heavy atom. The van der Waals surface area contributed by atoms with E-state index in [1.807, 2.05) is 0 Å². The van der Waals surface area contributed by atoms with Crippen LogP contribution in [-0.4, -0.2) is 28.3 Å². The van der Waals surface area contributed by atoms with Gasteiger partial charge in [-0.1, -0.05) is 42.6 Å². The summed E-state index contributed by atoms with van der Waals surface area (Å²) in [5, 5.41) is 3.45. The zero-order valence-corrected chi connectivity index (χ0v) is 16.6. The summed E-state index contributed by atoms with van der Waals surface area (Å²) in [6.45, 7) is 8.90. The van der Waals surface area contributed by atoms with E-state index in [2.05, 4.69) is 28.4 Å². The number of nitrogens with one attached hydrogen (secondary N) is 2. The number of benzene rings is 1. The van der Waals surface area contributed by atoms with Crippen LogP contribution < -0.4 is 10.9 Å². The molecule has 29 heavy (non-hydrogen) atoms. The van der Waals surface area contributed by atoms with E-state index in [1.54, 1.807) is 19.1 Å². The van der Waals surface area contributed by atoms with Crippen molar-refractivity contribution in [2.45, 2.75) is 18.0 Å². The van der Waals surface area contributed by atoms with Gasteiger partial charge in [-0.25, -0.2) is 14.2 Å². The average molecular weight is 413 g/mol. The lowest BCUT2D eigenvalue weighted by Gasteiger charge is -2.28. The number of anilines is 1. The summed E-state index contributed by atoms with van der Waals surface area (Å²) in [6, 6.07) is 5.80. The lowest BCUT2D eigenvalue weighted by atomic mass is 9.82. The standard InChI is InChI=1S/C21H20FN3O3S/c1-4-9-28-20(27)15-12(3)23-18-17(16(15)13-7-6-8-14(22)11-13)19(26)25-21(24-18)29-10-5-2/h4-8,11,16H,1-2,9-10H2,3H3,(H2,23,24,25,26)/t16-/m0/s1. The molecule has 1 aliphatic rings. The quantitative estimate of drug-likeness (QED) is 0.311. The molecule has 2 N–H and O–H groups in total. The minimum atomic E-state index is -0.825. The molecule has 0 saturated heterocycles. The van der Waals surface area contributed by atoms with E-state index in [0.29, 0.717) is 28.0 Å². The van der Waals surface area contributed by atoms with E-state index in [9.17, 15) is 14.0 Å². The fraction of sp³-hybridized carbons (Fsp3) is 0.190. The molecule has 0 spiro atoms. The first-order chi connectivity index (χ1) is 14.0. The number of aromatic amines is 1. The minimum absolute atomic E-state index is 0.0179. The fourth-order valence-electron chi connectivity index (χ4n) is 3.14. The Kier molecular flexibility index (Phi) is 6.33. The van der Waals surface area contributed by atoms with Gasteiger partial charge in [0.05, 0.1) is 17.1 Å². The van der Waals surface area contributed by atoms with Crippen LogP contribution in [-0.2, 0) is 9.53 Å². The molecule has 0 fully saturated rings. The van der Waals surface area contributed by atoms with Crippen molar-refractivity contribution in [1.82, 2.24) is 9.97 Å². The summed E-state index contributed by atoms with van der Waals surface area (Å²) in [6.07, 6.45) is 3.15. The summed E-state index contributed by atoms with van der Waals surface area (Å²) in [5.74, 6) is -1.01. The van der Waals surface area contributed by atoms with Crippen LogP contribution in [0, 0.1) is 5.82 Å². The van der Waals surface area contributed by atoms with Crippen LogP contribution in [0.15, 0.2) is 70.8 Å². The number of carbonyl (C=O) groups is 1. The molecule has 6 nitrogen and oxygen atoms in total. The summed E-state index contributed by atoms with van der Waals surface area (Å²) >= 11 is 1.32. The largest absolute Gasteiger partial charge is 0.458 e. The molecule has 0 bridgehead atoms. The molecule has 0 saturated carbocycles. The summed E-state index contributed by atoms with van der Waals surface area (Å²) in [5.41, 5.74) is 0.985. The number of aromatic nitrogens is 2. The summed E-state index contributed by atoms with van der Waals surface area (Å²) in [7, 11) is 0. The Labute approximate surface area is 171 Å². The van der Waals surface area contributed by atoms with E-state index in [1.165, 1.54) is 36.0 Å². The van der Waals surface area contributed by atoms with E-state index in [-0.39, 0.29) is 17.7 Å². The van der Waals surface area contributed by atoms with E-state index >= 15 is 0 Å². The van der Waals surface area contributed by atoms with Crippen molar-refractivity contribution in [3.05, 3.63) is 88.1 Å². The van der Waals surface area contributed by atoms with Crippen LogP contribution in [0.25, 0.3) is 0 Å². The molecule has 1 aromatic heterocycles. The predicted octanol–water partition coefficient (Wildman–Crippen LogP) is 3.75. The highest BCUT2D eigenvalue weighted by atomic mass is 32.2. The van der Waals surface area contributed by atoms with Crippen molar-refractivity contribution in [1.29, 1.82) is 0 Å². The molecule has 3 rings (SSSR count). The average Bonchev–Trinajstić information content (AvgIpc) is 2.69. The van der Waals surface area contributed by atoms with Gasteiger partial charge >= 0.3 is 5.97 Å². The van der Waals surface area contributed by atoms with E-state index in [0.717, 1.165) is 0 Å². The number of ether oxygens (including phenoxy) is 1. The van der Waals surface area contributed by atoms with Crippen molar-refractivity contribution in [2.24, 2.45) is 0 Å². The number of carbonyl (C=O) groups excluding carboxylic acids is 1. The second-order valence-corrected chi connectivity index (χ2v) is 7.28. The number of esters is 1. The molecule has 2 aromatic rings. The molecule has 8 heteroatoms. The van der Waals surface area contributed by atoms with Crippen molar-refractivity contribution >= 4 is 23.5 Å². The fourth-order valence-corrected chi connectivity index (χ4v) is 3.74. The van der Waals surface area contributed by atoms with Crippen LogP contribution in [0.1, 0.15) is 24.0 Å². The zero-order chi connectivity index (χ0) is 21.0. The Balaban J connectivity index is 2.18. The number of nitrogens with zero attached hydrogens (tertiary/aromatic N) is 1. The molecular formula is C21H20FN3O3S. The molecule has 0 unspecified atom stereocenters. The number of hydrogen-bond donors (Lipinski definition) is 2. The topological polar surface area (TPSA) is 84.1 Å². The first-order valence-corrected chi connectivity index (χ1v) is 9.84. The number of allylic oxidation sites excluding steroid dienone is 1. The smallest absolute Gasteiger partial charge is 0.337 e. The van der Waals surface area contributed by atoms with Crippen molar-refractivity contribution in [3.8, 4) is 0 Å². The molecular weight excluding hydrogens is 393 g/mol. The summed E-state index contributed by atoms with van der Waals surface area (Å²) < 4.78 is 19.2. The lowest BCUT2D eigenvalue weighted by molar-refractivity contribution is -0.138. The third kappa shape index (κ3) is 4.32. The van der Waals surface area contributed by atoms with Gasteiger partial charge in [-0.15, -0.1) is 6.58 Å². The molecule has 1 aromatic carbocycles. The van der Waals surface area contributed by atoms with Crippen LogP contribution in [0.3, 0.4) is 0 Å². The van der Waals surface area contributed by atoms with Crippen LogP contribution >= 0.6 is 11.8 Å². The predicted molar refractivity (Wildman–Crippen MR) is 112 cm³/mol. The van der Waals surface area contributed by atoms with Gasteiger partial charge in [0, 0.05) is 11.4 Å². The number of halogens is 1. The molecule has 150 valence electrons. The van der Waals surface area contributed by atoms with Gasteiger partial charge in [0.1, 0.15) is 18.2 Å². The molecule has 0 aliphatic carbocycles. The first-order valence-electron chi connectivity index (χ1n) is 8.85. The Hall–Kier alpha value is -3.13. The van der Waals surface area contributed by atoms with Gasteiger partial charge in [0.2, 0.25) is 0 Å². The van der Waals surface area contributed by atoms with Crippen LogP contribution in [0.5, 0.6) is 0 Å². The molecule has 1 aliphatic heterocycles. The zero-order valence-electron chi connectivity index (χ0n) is 15.8. The Bertz CT molecular complexity index is 1060. The first kappa shape index (κ1) is 20.6. The van der Waals surface area contributed by atoms with Gasteiger partial charge in [0.15, 0.2) is 5.16 Å². The van der Waals surface area contributed by atoms with Gasteiger partial charge < -0.3 is 15.0 Å². The van der Waals surface area contributed by atoms with Gasteiger partial charge in [-0.05, 0) is 24.6 Å². The second kappa shape index (κ2) is 8.91. The van der Waals surface area contributed by atoms with Gasteiger partial charge in [0.25, 0.3) is 5.56 Å². The minimum Gasteiger partial charge on any atom is -0.458 e. The number of hydrogen-bond acceptors (Lipinski definition) is 6. The highest BCUT2D eigenvalue weighted by molar-refractivity contribution is 7.99. The Morgan fingerprint density at radius 1 is 1.38 bits per heavy atom. The molecule has 0 radical (unpaired) electrons. The van der Waals surface area contributed by atoms with E-state index in [4.69, 9.17) is 4.74 Å². The molecule has 1 atom stereocenters. The van der Waals surface area contributed by atoms with Crippen molar-refractivity contribution < 1.29 is 13.9 Å². The van der Waals surface area contributed by atoms with E-state index < -0.39 is 23.3 Å². The normalized spacial score (nSPS) is 15.3. The maximum absolute atomic E-state index is 14.0. The third-order valence-electron chi connectivity index (χ3n) is 4.29. The number of fused-ring (bicyclic) bond motifs is 1. The van der Waals surface area contributed by atoms with Gasteiger partial charge in [-0.2, -0.15) is 0 Å².